The molecule has 10 heteroatoms. The molecule has 0 amide bonds. The van der Waals surface area contributed by atoms with Crippen molar-refractivity contribution in [3.8, 4) is 17.7 Å². The van der Waals surface area contributed by atoms with Gasteiger partial charge in [0.2, 0.25) is 5.95 Å². The van der Waals surface area contributed by atoms with E-state index >= 15 is 0 Å². The van der Waals surface area contributed by atoms with Crippen LogP contribution in [0.15, 0.2) is 43.4 Å². The van der Waals surface area contributed by atoms with Gasteiger partial charge in [0.25, 0.3) is 5.95 Å². The number of hydrogen-bond acceptors (Lipinski definition) is 6. The van der Waals surface area contributed by atoms with Gasteiger partial charge >= 0.3 is 0 Å². The van der Waals surface area contributed by atoms with Gasteiger partial charge in [-0.05, 0) is 6.07 Å². The predicted octanol–water partition coefficient (Wildman–Crippen LogP) is -0.243. The Labute approximate surface area is 111 Å². The number of aromatic amines is 1. The molecule has 0 aliphatic rings. The molecule has 0 aromatic carbocycles. The Bertz CT molecular complexity index is 736. The van der Waals surface area contributed by atoms with Crippen molar-refractivity contribution in [2.24, 2.45) is 0 Å². The van der Waals surface area contributed by atoms with Crippen molar-refractivity contribution >= 4 is 0 Å². The maximum atomic E-state index is 4.35. The van der Waals surface area contributed by atoms with Crippen LogP contribution < -0.4 is 0 Å². The van der Waals surface area contributed by atoms with Gasteiger partial charge in [0.05, 0.1) is 0 Å². The van der Waals surface area contributed by atoms with Crippen molar-refractivity contribution in [1.29, 1.82) is 0 Å². The van der Waals surface area contributed by atoms with Gasteiger partial charge in [-0.15, -0.1) is 10.2 Å². The van der Waals surface area contributed by atoms with E-state index in [-0.39, 0.29) is 0 Å². The number of aromatic nitrogens is 10. The summed E-state index contributed by atoms with van der Waals surface area (Å²) < 4.78 is 4.70. The van der Waals surface area contributed by atoms with Crippen LogP contribution in [-0.4, -0.2) is 49.5 Å². The number of nitrogens with zero attached hydrogens (tertiary/aromatic N) is 9. The van der Waals surface area contributed by atoms with E-state index in [0.29, 0.717) is 17.7 Å². The van der Waals surface area contributed by atoms with Crippen molar-refractivity contribution in [1.82, 2.24) is 49.5 Å². The normalized spacial score (nSPS) is 11.0. The number of H-pyrrole nitrogens is 1. The summed E-state index contributed by atoms with van der Waals surface area (Å²) in [5, 5.41) is 19.2. The largest absolute Gasteiger partial charge is 0.270 e. The molecule has 1 N–H and O–H groups in total. The number of hydrogen-bond donors (Lipinski definition) is 1. The van der Waals surface area contributed by atoms with E-state index in [9.17, 15) is 0 Å². The molecular formula is C10H8N10. The highest BCUT2D eigenvalue weighted by Crippen LogP contribution is 2.06. The first-order chi connectivity index (χ1) is 9.90. The molecule has 0 saturated carbocycles. The standard InChI is InChI=1S/C10H8N10/c1-3-14-18(4-1)8-2-5-19(16-8)10-12-7-20(17-10)9-11-6-13-15-9/h1-7H,(H,11,13,15). The molecule has 4 rings (SSSR count). The summed E-state index contributed by atoms with van der Waals surface area (Å²) in [6.07, 6.45) is 8.20. The summed E-state index contributed by atoms with van der Waals surface area (Å²) in [4.78, 5) is 8.16. The Balaban J connectivity index is 1.68. The first kappa shape index (κ1) is 10.6. The number of rotatable bonds is 3. The minimum absolute atomic E-state index is 0.430. The van der Waals surface area contributed by atoms with Crippen LogP contribution in [-0.2, 0) is 0 Å². The first-order valence-corrected chi connectivity index (χ1v) is 5.73. The van der Waals surface area contributed by atoms with E-state index in [1.54, 1.807) is 21.8 Å². The Kier molecular flexibility index (Phi) is 2.18. The van der Waals surface area contributed by atoms with E-state index < -0.39 is 0 Å². The zero-order valence-electron chi connectivity index (χ0n) is 10.1. The second-order valence-electron chi connectivity index (χ2n) is 3.87. The summed E-state index contributed by atoms with van der Waals surface area (Å²) in [7, 11) is 0. The van der Waals surface area contributed by atoms with Crippen LogP contribution in [0.3, 0.4) is 0 Å². The Morgan fingerprint density at radius 3 is 2.80 bits per heavy atom. The summed E-state index contributed by atoms with van der Waals surface area (Å²) in [6.45, 7) is 0. The maximum Gasteiger partial charge on any atom is 0.270 e. The van der Waals surface area contributed by atoms with Crippen LogP contribution in [0.5, 0.6) is 0 Å². The molecule has 4 aromatic rings. The molecule has 0 saturated heterocycles. The van der Waals surface area contributed by atoms with Gasteiger partial charge in [-0.25, -0.2) is 14.5 Å². The van der Waals surface area contributed by atoms with Crippen LogP contribution in [0.1, 0.15) is 0 Å². The SMILES string of the molecule is c1cnn(-c2ccn(-c3ncn(-c4ncn[nH]4)n3)n2)c1. The lowest BCUT2D eigenvalue weighted by Gasteiger charge is -1.95. The van der Waals surface area contributed by atoms with E-state index in [2.05, 4.69) is 35.5 Å². The van der Waals surface area contributed by atoms with Crippen molar-refractivity contribution in [2.75, 3.05) is 0 Å². The van der Waals surface area contributed by atoms with Gasteiger partial charge in [0.1, 0.15) is 12.7 Å². The lowest BCUT2D eigenvalue weighted by molar-refractivity contribution is 0.742. The van der Waals surface area contributed by atoms with E-state index in [1.807, 2.05) is 18.3 Å². The molecule has 0 atom stereocenters. The fourth-order valence-electron chi connectivity index (χ4n) is 1.72. The Morgan fingerprint density at radius 2 is 2.00 bits per heavy atom. The molecule has 98 valence electrons. The van der Waals surface area contributed by atoms with Gasteiger partial charge in [-0.2, -0.15) is 24.8 Å². The van der Waals surface area contributed by atoms with Crippen molar-refractivity contribution in [3.63, 3.8) is 0 Å². The van der Waals surface area contributed by atoms with Crippen LogP contribution >= 0.6 is 0 Å². The highest BCUT2D eigenvalue weighted by atomic mass is 15.5. The second-order valence-corrected chi connectivity index (χ2v) is 3.87. The fraction of sp³-hybridized carbons (Fsp3) is 0. The smallest absolute Gasteiger partial charge is 0.244 e. The second kappa shape index (κ2) is 4.12. The van der Waals surface area contributed by atoms with Crippen molar-refractivity contribution < 1.29 is 0 Å². The first-order valence-electron chi connectivity index (χ1n) is 5.73. The summed E-state index contributed by atoms with van der Waals surface area (Å²) in [5.41, 5.74) is 0. The summed E-state index contributed by atoms with van der Waals surface area (Å²) >= 11 is 0. The van der Waals surface area contributed by atoms with Crippen LogP contribution in [0.2, 0.25) is 0 Å². The molecule has 20 heavy (non-hydrogen) atoms. The monoisotopic (exact) mass is 268 g/mol. The molecule has 4 heterocycles. The molecule has 0 bridgehead atoms. The van der Waals surface area contributed by atoms with Crippen LogP contribution in [0, 0.1) is 0 Å². The number of nitrogens with one attached hydrogen (secondary N) is 1. The Hall–Kier alpha value is -3.30. The van der Waals surface area contributed by atoms with Gasteiger partial charge in [-0.1, -0.05) is 0 Å². The van der Waals surface area contributed by atoms with Gasteiger partial charge in [0.15, 0.2) is 5.82 Å². The van der Waals surface area contributed by atoms with Gasteiger partial charge in [-0.3, -0.25) is 0 Å². The zero-order chi connectivity index (χ0) is 13.4. The highest BCUT2D eigenvalue weighted by Gasteiger charge is 2.09. The average Bonchev–Trinajstić information content (AvgIpc) is 3.22. The quantitative estimate of drug-likeness (QED) is 0.549. The lowest BCUT2D eigenvalue weighted by Crippen LogP contribution is -2.03. The van der Waals surface area contributed by atoms with Crippen LogP contribution in [0.4, 0.5) is 0 Å². The summed E-state index contributed by atoms with van der Waals surface area (Å²) in [5.74, 6) is 1.61. The van der Waals surface area contributed by atoms with Crippen LogP contribution in [0.25, 0.3) is 17.7 Å². The zero-order valence-corrected chi connectivity index (χ0v) is 10.1. The Morgan fingerprint density at radius 1 is 1.00 bits per heavy atom. The molecule has 0 fully saturated rings. The van der Waals surface area contributed by atoms with E-state index in [4.69, 9.17) is 0 Å². The topological polar surface area (TPSA) is 108 Å². The molecular weight excluding hydrogens is 260 g/mol. The summed E-state index contributed by atoms with van der Waals surface area (Å²) in [6, 6.07) is 3.65. The minimum Gasteiger partial charge on any atom is -0.244 e. The van der Waals surface area contributed by atoms with Gasteiger partial charge in [0, 0.05) is 24.7 Å². The molecule has 0 aliphatic carbocycles. The molecule has 4 aromatic heterocycles. The van der Waals surface area contributed by atoms with E-state index in [0.717, 1.165) is 0 Å². The third-order valence-corrected chi connectivity index (χ3v) is 2.62. The van der Waals surface area contributed by atoms with Gasteiger partial charge < -0.3 is 0 Å². The highest BCUT2D eigenvalue weighted by molar-refractivity contribution is 5.22. The van der Waals surface area contributed by atoms with Crippen molar-refractivity contribution in [3.05, 3.63) is 43.4 Å². The lowest BCUT2D eigenvalue weighted by atomic mass is 10.6. The molecule has 0 spiro atoms. The third-order valence-electron chi connectivity index (χ3n) is 2.62. The van der Waals surface area contributed by atoms with E-state index in [1.165, 1.54) is 17.3 Å². The fourth-order valence-corrected chi connectivity index (χ4v) is 1.72. The minimum atomic E-state index is 0.430. The maximum absolute atomic E-state index is 4.35. The average molecular weight is 268 g/mol. The molecule has 10 nitrogen and oxygen atoms in total. The molecule has 0 radical (unpaired) electrons. The molecule has 0 unspecified atom stereocenters. The molecule has 0 aliphatic heterocycles. The third kappa shape index (κ3) is 1.67. The predicted molar refractivity (Wildman–Crippen MR) is 65.5 cm³/mol. The van der Waals surface area contributed by atoms with Crippen molar-refractivity contribution in [2.45, 2.75) is 0 Å².